The fourth-order valence-corrected chi connectivity index (χ4v) is 3.53. The fourth-order valence-electron chi connectivity index (χ4n) is 2.59. The Morgan fingerprint density at radius 3 is 2.21 bits per heavy atom. The van der Waals surface area contributed by atoms with Crippen LogP contribution in [0, 0.1) is 19.8 Å². The Kier molecular flexibility index (Phi) is 7.84. The minimum Gasteiger partial charge on any atom is -0.457 e. The van der Waals surface area contributed by atoms with Crippen LogP contribution in [0.15, 0.2) is 30.3 Å². The number of nitrogens with one attached hydrogen (secondary N) is 1. The van der Waals surface area contributed by atoms with E-state index in [0.717, 1.165) is 9.75 Å². The van der Waals surface area contributed by atoms with Crippen molar-refractivity contribution in [1.82, 2.24) is 0 Å². The summed E-state index contributed by atoms with van der Waals surface area (Å²) in [5.41, 5.74) is 1.61. The largest absolute Gasteiger partial charge is 0.457 e. The maximum Gasteiger partial charge on any atom is 0.306 e. The predicted octanol–water partition coefficient (Wildman–Crippen LogP) is 4.35. The lowest BCUT2D eigenvalue weighted by Gasteiger charge is -2.08. The maximum absolute atomic E-state index is 12.2. The Balaban J connectivity index is 1.79. The van der Waals surface area contributed by atoms with Crippen molar-refractivity contribution >= 4 is 40.5 Å². The third kappa shape index (κ3) is 6.64. The molecule has 0 aliphatic carbocycles. The van der Waals surface area contributed by atoms with Gasteiger partial charge in [-0.15, -0.1) is 11.3 Å². The van der Waals surface area contributed by atoms with Crippen molar-refractivity contribution < 1.29 is 23.9 Å². The summed E-state index contributed by atoms with van der Waals surface area (Å²) in [5, 5.41) is 2.74. The van der Waals surface area contributed by atoms with Crippen LogP contribution < -0.4 is 5.32 Å². The van der Waals surface area contributed by atoms with E-state index in [0.29, 0.717) is 16.8 Å². The Hall–Kier alpha value is -2.80. The summed E-state index contributed by atoms with van der Waals surface area (Å²) >= 11 is 1.54. The van der Waals surface area contributed by atoms with Gasteiger partial charge >= 0.3 is 5.97 Å². The van der Waals surface area contributed by atoms with Gasteiger partial charge < -0.3 is 10.1 Å². The standard InChI is InChI=1S/C22H25NO5S/c1-13(2)22(27)23-17-7-5-16(6-8-17)20(25)12-28-21(26)10-9-19(24)18-11-14(3)29-15(18)4/h5-8,11,13H,9-10,12H2,1-4H3,(H,23,27). The molecule has 0 unspecified atom stereocenters. The third-order valence-electron chi connectivity index (χ3n) is 4.26. The monoisotopic (exact) mass is 415 g/mol. The van der Waals surface area contributed by atoms with Crippen LogP contribution in [-0.2, 0) is 14.3 Å². The number of hydrogen-bond acceptors (Lipinski definition) is 6. The van der Waals surface area contributed by atoms with Gasteiger partial charge in [0.15, 0.2) is 18.2 Å². The van der Waals surface area contributed by atoms with Gasteiger partial charge in [-0.25, -0.2) is 0 Å². The van der Waals surface area contributed by atoms with Gasteiger partial charge in [-0.3, -0.25) is 19.2 Å². The molecule has 0 aliphatic rings. The van der Waals surface area contributed by atoms with Crippen LogP contribution >= 0.6 is 11.3 Å². The molecule has 1 aromatic carbocycles. The number of carbonyl (C=O) groups is 4. The van der Waals surface area contributed by atoms with E-state index in [1.54, 1.807) is 49.4 Å². The number of carbonyl (C=O) groups excluding carboxylic acids is 4. The zero-order valence-electron chi connectivity index (χ0n) is 17.0. The molecule has 1 amide bonds. The first-order valence-corrected chi connectivity index (χ1v) is 10.2. The normalized spacial score (nSPS) is 10.7. The average molecular weight is 416 g/mol. The third-order valence-corrected chi connectivity index (χ3v) is 5.23. The molecule has 0 saturated carbocycles. The van der Waals surface area contributed by atoms with E-state index in [-0.39, 0.29) is 42.8 Å². The first-order valence-electron chi connectivity index (χ1n) is 9.37. The van der Waals surface area contributed by atoms with Crippen molar-refractivity contribution in [1.29, 1.82) is 0 Å². The van der Waals surface area contributed by atoms with Gasteiger partial charge in [-0.05, 0) is 44.2 Å². The second-order valence-corrected chi connectivity index (χ2v) is 8.52. The number of thiophene rings is 1. The quantitative estimate of drug-likeness (QED) is 0.486. The zero-order chi connectivity index (χ0) is 21.6. The summed E-state index contributed by atoms with van der Waals surface area (Å²) in [6, 6.07) is 8.21. The lowest BCUT2D eigenvalue weighted by molar-refractivity contribution is -0.142. The summed E-state index contributed by atoms with van der Waals surface area (Å²) in [4.78, 5) is 49.9. The second-order valence-electron chi connectivity index (χ2n) is 7.06. The number of ketones is 2. The minimum atomic E-state index is -0.586. The Morgan fingerprint density at radius 1 is 1.00 bits per heavy atom. The maximum atomic E-state index is 12.2. The smallest absolute Gasteiger partial charge is 0.306 e. The van der Waals surface area contributed by atoms with Crippen molar-refractivity contribution in [3.8, 4) is 0 Å². The molecule has 0 fully saturated rings. The number of benzene rings is 1. The molecule has 29 heavy (non-hydrogen) atoms. The highest BCUT2D eigenvalue weighted by atomic mass is 32.1. The van der Waals surface area contributed by atoms with Gasteiger partial charge in [-0.2, -0.15) is 0 Å². The predicted molar refractivity (Wildman–Crippen MR) is 113 cm³/mol. The fraction of sp³-hybridized carbons (Fsp3) is 0.364. The molecule has 2 rings (SSSR count). The van der Waals surface area contributed by atoms with Gasteiger partial charge in [0.2, 0.25) is 5.91 Å². The minimum absolute atomic E-state index is 0.0499. The van der Waals surface area contributed by atoms with Crippen molar-refractivity contribution in [2.45, 2.75) is 40.5 Å². The van der Waals surface area contributed by atoms with Gasteiger partial charge in [0, 0.05) is 38.9 Å². The highest BCUT2D eigenvalue weighted by molar-refractivity contribution is 7.12. The van der Waals surface area contributed by atoms with Gasteiger partial charge in [0.1, 0.15) is 0 Å². The number of rotatable bonds is 9. The number of anilines is 1. The van der Waals surface area contributed by atoms with Crippen LogP contribution in [0.5, 0.6) is 0 Å². The van der Waals surface area contributed by atoms with Crippen LogP contribution in [0.3, 0.4) is 0 Å². The van der Waals surface area contributed by atoms with E-state index in [1.807, 2.05) is 19.9 Å². The molecule has 154 valence electrons. The molecule has 0 saturated heterocycles. The number of amides is 1. The summed E-state index contributed by atoms with van der Waals surface area (Å²) in [6.07, 6.45) is -0.0189. The number of aryl methyl sites for hydroxylation is 2. The number of esters is 1. The molecule has 0 atom stereocenters. The van der Waals surface area contributed by atoms with Crippen LogP contribution in [0.1, 0.15) is 57.2 Å². The van der Waals surface area contributed by atoms with Crippen LogP contribution in [0.4, 0.5) is 5.69 Å². The average Bonchev–Trinajstić information content (AvgIpc) is 3.02. The lowest BCUT2D eigenvalue weighted by atomic mass is 10.1. The molecule has 0 bridgehead atoms. The van der Waals surface area contributed by atoms with Gasteiger partial charge in [-0.1, -0.05) is 13.8 Å². The van der Waals surface area contributed by atoms with E-state index in [9.17, 15) is 19.2 Å². The van der Waals surface area contributed by atoms with Crippen LogP contribution in [-0.4, -0.2) is 30.0 Å². The number of Topliss-reactive ketones (excluding diaryl/α,β-unsaturated/α-hetero) is 2. The second kappa shape index (κ2) is 10.1. The molecular formula is C22H25NO5S. The molecule has 6 nitrogen and oxygen atoms in total. The molecule has 1 N–H and O–H groups in total. The van der Waals surface area contributed by atoms with E-state index in [1.165, 1.54) is 0 Å². The molecule has 1 aromatic heterocycles. The molecular weight excluding hydrogens is 390 g/mol. The molecule has 2 aromatic rings. The number of hydrogen-bond donors (Lipinski definition) is 1. The van der Waals surface area contributed by atoms with E-state index in [2.05, 4.69) is 5.32 Å². The van der Waals surface area contributed by atoms with Crippen molar-refractivity contribution in [3.63, 3.8) is 0 Å². The Labute approximate surface area is 174 Å². The lowest BCUT2D eigenvalue weighted by Crippen LogP contribution is -2.18. The summed E-state index contributed by atoms with van der Waals surface area (Å²) in [7, 11) is 0. The molecule has 0 radical (unpaired) electrons. The molecule has 1 heterocycles. The highest BCUT2D eigenvalue weighted by Crippen LogP contribution is 2.22. The van der Waals surface area contributed by atoms with Gasteiger partial charge in [0.25, 0.3) is 0 Å². The van der Waals surface area contributed by atoms with Crippen LogP contribution in [0.2, 0.25) is 0 Å². The molecule has 7 heteroatoms. The molecule has 0 spiro atoms. The first kappa shape index (κ1) is 22.5. The molecule has 0 aliphatic heterocycles. The SMILES string of the molecule is Cc1cc(C(=O)CCC(=O)OCC(=O)c2ccc(NC(=O)C(C)C)cc2)c(C)s1. The summed E-state index contributed by atoms with van der Waals surface area (Å²) < 4.78 is 5.00. The number of ether oxygens (including phenoxy) is 1. The van der Waals surface area contributed by atoms with Crippen LogP contribution in [0.25, 0.3) is 0 Å². The topological polar surface area (TPSA) is 89.5 Å². The van der Waals surface area contributed by atoms with Gasteiger partial charge in [0.05, 0.1) is 6.42 Å². The Morgan fingerprint density at radius 2 is 1.66 bits per heavy atom. The summed E-state index contributed by atoms with van der Waals surface area (Å²) in [5.74, 6) is -1.29. The van der Waals surface area contributed by atoms with E-state index >= 15 is 0 Å². The Bertz CT molecular complexity index is 912. The van der Waals surface area contributed by atoms with E-state index in [4.69, 9.17) is 4.74 Å². The summed E-state index contributed by atoms with van der Waals surface area (Å²) in [6.45, 7) is 7.00. The van der Waals surface area contributed by atoms with Crippen molar-refractivity contribution in [2.75, 3.05) is 11.9 Å². The zero-order valence-corrected chi connectivity index (χ0v) is 17.9. The highest BCUT2D eigenvalue weighted by Gasteiger charge is 2.16. The first-order chi connectivity index (χ1) is 13.7. The van der Waals surface area contributed by atoms with E-state index < -0.39 is 5.97 Å². The van der Waals surface area contributed by atoms with Crippen molar-refractivity contribution in [2.24, 2.45) is 5.92 Å². The van der Waals surface area contributed by atoms with Crippen molar-refractivity contribution in [3.05, 3.63) is 51.2 Å².